The second-order valence-electron chi connectivity index (χ2n) is 7.62. The van der Waals surface area contributed by atoms with E-state index in [4.69, 9.17) is 14.2 Å². The summed E-state index contributed by atoms with van der Waals surface area (Å²) in [5.41, 5.74) is 4.45. The van der Waals surface area contributed by atoms with Crippen LogP contribution in [0.15, 0.2) is 41.5 Å². The van der Waals surface area contributed by atoms with Gasteiger partial charge in [0.1, 0.15) is 35.4 Å². The van der Waals surface area contributed by atoms with Crippen molar-refractivity contribution < 1.29 is 26.4 Å². The zero-order valence-corrected chi connectivity index (χ0v) is 20.6. The molecule has 7 nitrogen and oxygen atoms in total. The molecule has 0 radical (unpaired) electrons. The minimum absolute atomic E-state index is 0. The van der Waals surface area contributed by atoms with Crippen LogP contribution in [0.4, 0.5) is 18.9 Å². The van der Waals surface area contributed by atoms with E-state index in [2.05, 4.69) is 15.3 Å². The number of aliphatic imine (C=N–C) groups is 1. The number of hydrogen-bond acceptors (Lipinski definition) is 6. The van der Waals surface area contributed by atoms with Crippen LogP contribution in [0.25, 0.3) is 0 Å². The molecule has 0 unspecified atom stereocenters. The number of nitrogens with zero attached hydrogens (tertiary/aromatic N) is 2. The predicted octanol–water partition coefficient (Wildman–Crippen LogP) is 3.51. The Balaban J connectivity index is 0.00000194. The summed E-state index contributed by atoms with van der Waals surface area (Å²) in [7, 11) is 0. The highest BCUT2D eigenvalue weighted by molar-refractivity contribution is 7.59. The number of aromatic nitrogens is 1. The average Bonchev–Trinajstić information content (AvgIpc) is 2.73. The number of amides is 1. The van der Waals surface area contributed by atoms with Gasteiger partial charge in [-0.05, 0) is 43.2 Å². The minimum atomic E-state index is -1.43. The van der Waals surface area contributed by atoms with Crippen LogP contribution in [0.1, 0.15) is 42.7 Å². The fourth-order valence-electron chi connectivity index (χ4n) is 3.11. The average molecular weight is 523 g/mol. The number of rotatable bonds is 4. The molecule has 0 saturated carbocycles. The number of nitrogens with two attached hydrogens (primary N) is 1. The molecule has 0 spiro atoms. The summed E-state index contributed by atoms with van der Waals surface area (Å²) in [6.07, 6.45) is 1.75. The molecule has 13 heteroatoms. The number of hydrogen-bond donors (Lipinski definition) is 2. The number of nitrogens with one attached hydrogen (secondary N) is 1. The van der Waals surface area contributed by atoms with Crippen LogP contribution in [0, 0.1) is 17.0 Å². The summed E-state index contributed by atoms with van der Waals surface area (Å²) in [4.78, 5) is 20.3. The van der Waals surface area contributed by atoms with E-state index in [1.54, 1.807) is 0 Å². The second kappa shape index (κ2) is 12.8. The Morgan fingerprint density at radius 1 is 1.15 bits per heavy atom. The van der Waals surface area contributed by atoms with Gasteiger partial charge < -0.3 is 11.1 Å². The van der Waals surface area contributed by atoms with Gasteiger partial charge in [-0.15, -0.1) is 0 Å². The molecule has 0 saturated heterocycles. The quantitative estimate of drug-likeness (QED) is 0.638. The molecule has 1 aliphatic heterocycles. The standard InChI is InChI=1S/C20H21F3N4O.O2S.2H2S/c1-19(2)7-8-20(11-21,27-18(19)24)14-9-13(4-5-15(14)23)26-17(28)16-6-3-12(22)10-25-16;1-3-2;;/h3-6,9-10H,7-8,11H2,1-2H3,(H2,24,27)(H,26,28);;2*1H2/t20-;;;/m1.../s1. The summed E-state index contributed by atoms with van der Waals surface area (Å²) >= 11 is -0.750. The van der Waals surface area contributed by atoms with Crippen molar-refractivity contribution in [3.05, 3.63) is 59.4 Å². The minimum Gasteiger partial charge on any atom is -0.387 e. The first-order chi connectivity index (χ1) is 14.6. The maximum absolute atomic E-state index is 14.6. The van der Waals surface area contributed by atoms with Gasteiger partial charge in [0, 0.05) is 16.7 Å². The van der Waals surface area contributed by atoms with E-state index in [-0.39, 0.29) is 56.2 Å². The number of carbonyl (C=O) groups excluding carboxylic acids is 1. The topological polar surface area (TPSA) is 115 Å². The Hall–Kier alpha value is -2.38. The molecule has 2 aromatic rings. The summed E-state index contributed by atoms with van der Waals surface area (Å²) in [5, 5.41) is 2.56. The molecular weight excluding hydrogens is 497 g/mol. The number of halogens is 3. The monoisotopic (exact) mass is 522 g/mol. The lowest BCUT2D eigenvalue weighted by atomic mass is 9.75. The molecule has 0 fully saturated rings. The molecule has 0 bridgehead atoms. The Morgan fingerprint density at radius 3 is 2.30 bits per heavy atom. The van der Waals surface area contributed by atoms with E-state index in [0.29, 0.717) is 6.42 Å². The van der Waals surface area contributed by atoms with Gasteiger partial charge in [0.2, 0.25) is 0 Å². The number of carbonyl (C=O) groups is 1. The third-order valence-corrected chi connectivity index (χ3v) is 5.10. The van der Waals surface area contributed by atoms with Crippen LogP contribution < -0.4 is 11.1 Å². The van der Waals surface area contributed by atoms with Crippen molar-refractivity contribution in [1.82, 2.24) is 4.98 Å². The molecule has 2 heterocycles. The lowest BCUT2D eigenvalue weighted by molar-refractivity contribution is 0.102. The Morgan fingerprint density at radius 2 is 1.79 bits per heavy atom. The summed E-state index contributed by atoms with van der Waals surface area (Å²) in [6.45, 7) is 2.88. The molecule has 1 aromatic heterocycles. The molecule has 33 heavy (non-hydrogen) atoms. The van der Waals surface area contributed by atoms with Crippen molar-refractivity contribution >= 4 is 56.0 Å². The molecule has 1 aliphatic rings. The van der Waals surface area contributed by atoms with E-state index >= 15 is 0 Å². The van der Waals surface area contributed by atoms with Crippen molar-refractivity contribution in [2.75, 3.05) is 12.0 Å². The first-order valence-corrected chi connectivity index (χ1v) is 9.82. The van der Waals surface area contributed by atoms with E-state index < -0.39 is 46.7 Å². The van der Waals surface area contributed by atoms with Crippen molar-refractivity contribution in [3.63, 3.8) is 0 Å². The lowest BCUT2D eigenvalue weighted by Gasteiger charge is -2.39. The normalized spacial score (nSPS) is 18.3. The highest BCUT2D eigenvalue weighted by Gasteiger charge is 2.42. The molecule has 1 amide bonds. The van der Waals surface area contributed by atoms with E-state index in [1.165, 1.54) is 18.2 Å². The van der Waals surface area contributed by atoms with Crippen LogP contribution in [-0.2, 0) is 17.1 Å². The van der Waals surface area contributed by atoms with Crippen LogP contribution >= 0.6 is 27.0 Å². The van der Waals surface area contributed by atoms with Crippen molar-refractivity contribution in [3.8, 4) is 0 Å². The van der Waals surface area contributed by atoms with E-state index in [1.807, 2.05) is 13.8 Å². The Bertz CT molecular complexity index is 1030. The molecule has 1 atom stereocenters. The number of anilines is 1. The smallest absolute Gasteiger partial charge is 0.335 e. The number of pyridine rings is 1. The summed E-state index contributed by atoms with van der Waals surface area (Å²) in [6, 6.07) is 6.19. The van der Waals surface area contributed by atoms with Gasteiger partial charge in [-0.3, -0.25) is 9.79 Å². The van der Waals surface area contributed by atoms with Gasteiger partial charge in [-0.2, -0.15) is 35.4 Å². The molecule has 3 N–H and O–H groups in total. The van der Waals surface area contributed by atoms with Crippen LogP contribution in [0.3, 0.4) is 0 Å². The zero-order valence-electron chi connectivity index (χ0n) is 17.8. The highest BCUT2D eigenvalue weighted by atomic mass is 32.1. The third kappa shape index (κ3) is 7.30. The summed E-state index contributed by atoms with van der Waals surface area (Å²) in [5.74, 6) is -1.53. The van der Waals surface area contributed by atoms with Gasteiger partial charge in [0.15, 0.2) is 0 Å². The Labute approximate surface area is 207 Å². The molecule has 3 rings (SSSR count). The van der Waals surface area contributed by atoms with Crippen molar-refractivity contribution in [1.29, 1.82) is 0 Å². The Kier molecular flexibility index (Phi) is 11.8. The van der Waals surface area contributed by atoms with Gasteiger partial charge in [-0.1, -0.05) is 13.8 Å². The first-order valence-electron chi connectivity index (χ1n) is 9.15. The second-order valence-corrected chi connectivity index (χ2v) is 7.76. The number of amidine groups is 1. The van der Waals surface area contributed by atoms with Crippen LogP contribution in [-0.4, -0.2) is 31.8 Å². The predicted molar refractivity (Wildman–Crippen MR) is 131 cm³/mol. The van der Waals surface area contributed by atoms with E-state index in [9.17, 15) is 18.0 Å². The molecule has 182 valence electrons. The lowest BCUT2D eigenvalue weighted by Crippen LogP contribution is -2.43. The summed E-state index contributed by atoms with van der Waals surface area (Å²) < 4.78 is 58.2. The van der Waals surface area contributed by atoms with Crippen LogP contribution in [0.5, 0.6) is 0 Å². The largest absolute Gasteiger partial charge is 0.387 e. The number of benzene rings is 1. The third-order valence-electron chi connectivity index (χ3n) is 5.10. The van der Waals surface area contributed by atoms with Crippen molar-refractivity contribution in [2.24, 2.45) is 16.1 Å². The van der Waals surface area contributed by atoms with Crippen LogP contribution in [0.2, 0.25) is 0 Å². The van der Waals surface area contributed by atoms with Gasteiger partial charge in [0.05, 0.1) is 6.20 Å². The maximum Gasteiger partial charge on any atom is 0.335 e. The maximum atomic E-state index is 14.6. The molecular formula is C20H25F3N4O3S3. The zero-order chi connectivity index (χ0) is 23.2. The van der Waals surface area contributed by atoms with Crippen molar-refractivity contribution in [2.45, 2.75) is 32.2 Å². The fraction of sp³-hybridized carbons (Fsp3) is 0.350. The molecule has 1 aromatic carbocycles. The van der Waals surface area contributed by atoms with Gasteiger partial charge in [-0.25, -0.2) is 18.2 Å². The SMILES string of the molecule is CC1(C)CC[C@@](CF)(c2cc(NC(=O)c3ccc(F)cn3)ccc2F)N=C1N.O=S=O.S.S. The highest BCUT2D eigenvalue weighted by Crippen LogP contribution is 2.42. The molecule has 0 aliphatic carbocycles. The van der Waals surface area contributed by atoms with Gasteiger partial charge >= 0.3 is 11.6 Å². The first kappa shape index (κ1) is 30.6. The van der Waals surface area contributed by atoms with E-state index in [0.717, 1.165) is 18.3 Å². The number of alkyl halides is 1. The van der Waals surface area contributed by atoms with Gasteiger partial charge in [0.25, 0.3) is 5.91 Å². The fourth-order valence-corrected chi connectivity index (χ4v) is 3.11.